The summed E-state index contributed by atoms with van der Waals surface area (Å²) in [6, 6.07) is 9.61. The number of para-hydroxylation sites is 2. The molecule has 140 valence electrons. The number of aryl methyl sites for hydroxylation is 2. The van der Waals surface area contributed by atoms with Crippen LogP contribution >= 0.6 is 23.1 Å². The van der Waals surface area contributed by atoms with Gasteiger partial charge in [-0.05, 0) is 38.5 Å². The molecule has 8 heteroatoms. The maximum atomic E-state index is 10.8. The van der Waals surface area contributed by atoms with E-state index in [0.717, 1.165) is 31.8 Å². The van der Waals surface area contributed by atoms with E-state index in [1.807, 2.05) is 31.2 Å². The van der Waals surface area contributed by atoms with Gasteiger partial charge in [0, 0.05) is 10.3 Å². The zero-order chi connectivity index (χ0) is 19.8. The van der Waals surface area contributed by atoms with Crippen LogP contribution in [-0.4, -0.2) is 30.3 Å². The largest absolute Gasteiger partial charge is 0.510 e. The Hall–Kier alpha value is -2.89. The minimum Gasteiger partial charge on any atom is -0.510 e. The number of rotatable bonds is 4. The second-order valence-electron chi connectivity index (χ2n) is 6.38. The lowest BCUT2D eigenvalue weighted by Crippen LogP contribution is -2.05. The van der Waals surface area contributed by atoms with Crippen LogP contribution in [0.4, 0.5) is 0 Å². The lowest BCUT2D eigenvalue weighted by atomic mass is 10.2. The third kappa shape index (κ3) is 3.13. The molecule has 1 atom stereocenters. The van der Waals surface area contributed by atoms with Crippen LogP contribution < -0.4 is 0 Å². The molecule has 3 aromatic heterocycles. The number of thioether (sulfide) groups is 1. The van der Waals surface area contributed by atoms with E-state index in [0.29, 0.717) is 5.82 Å². The molecule has 28 heavy (non-hydrogen) atoms. The molecule has 0 saturated carbocycles. The van der Waals surface area contributed by atoms with Gasteiger partial charge in [-0.25, -0.2) is 15.0 Å². The molecule has 0 radical (unpaired) electrons. The summed E-state index contributed by atoms with van der Waals surface area (Å²) < 4.78 is 0. The molecule has 6 nitrogen and oxygen atoms in total. The van der Waals surface area contributed by atoms with Crippen LogP contribution in [0, 0.1) is 25.2 Å². The SMILES string of the molecule is Cc1sc2ncnc(S[C@@H](C)/C(O)=C(\C#N)c3nc4ccccc4[nH]3)c2c1C. The molecular formula is C20H17N5OS2. The van der Waals surface area contributed by atoms with E-state index in [-0.39, 0.29) is 16.6 Å². The van der Waals surface area contributed by atoms with Gasteiger partial charge >= 0.3 is 0 Å². The smallest absolute Gasteiger partial charge is 0.152 e. The molecular weight excluding hydrogens is 390 g/mol. The molecule has 0 aliphatic heterocycles. The molecule has 0 unspecified atom stereocenters. The number of H-pyrrole nitrogens is 1. The monoisotopic (exact) mass is 407 g/mol. The summed E-state index contributed by atoms with van der Waals surface area (Å²) >= 11 is 3.04. The van der Waals surface area contributed by atoms with Gasteiger partial charge < -0.3 is 10.1 Å². The van der Waals surface area contributed by atoms with Gasteiger partial charge in [0.15, 0.2) is 5.82 Å². The first-order valence-electron chi connectivity index (χ1n) is 8.65. The Labute approximate surface area is 170 Å². The minimum atomic E-state index is -0.374. The Bertz CT molecular complexity index is 1230. The highest BCUT2D eigenvalue weighted by Crippen LogP contribution is 2.37. The van der Waals surface area contributed by atoms with Crippen molar-refractivity contribution in [2.75, 3.05) is 0 Å². The number of thiophene rings is 1. The summed E-state index contributed by atoms with van der Waals surface area (Å²) in [5.74, 6) is 0.340. The molecule has 1 aromatic carbocycles. The van der Waals surface area contributed by atoms with Crippen molar-refractivity contribution in [2.45, 2.75) is 31.0 Å². The fourth-order valence-electron chi connectivity index (χ4n) is 2.97. The fraction of sp³-hybridized carbons (Fsp3) is 0.200. The highest BCUT2D eigenvalue weighted by molar-refractivity contribution is 8.00. The Morgan fingerprint density at radius 2 is 2.07 bits per heavy atom. The fourth-order valence-corrected chi connectivity index (χ4v) is 5.07. The van der Waals surface area contributed by atoms with Crippen molar-refractivity contribution in [3.63, 3.8) is 0 Å². The van der Waals surface area contributed by atoms with Crippen LogP contribution in [0.15, 0.2) is 41.4 Å². The van der Waals surface area contributed by atoms with E-state index in [1.54, 1.807) is 11.3 Å². The van der Waals surface area contributed by atoms with Crippen molar-refractivity contribution in [3.05, 3.63) is 52.6 Å². The van der Waals surface area contributed by atoms with E-state index in [2.05, 4.69) is 39.9 Å². The number of allylic oxidation sites excluding steroid dienone is 1. The van der Waals surface area contributed by atoms with E-state index in [4.69, 9.17) is 0 Å². The summed E-state index contributed by atoms with van der Waals surface area (Å²) in [6.45, 7) is 5.96. The van der Waals surface area contributed by atoms with Crippen LogP contribution in [-0.2, 0) is 0 Å². The Morgan fingerprint density at radius 3 is 2.82 bits per heavy atom. The molecule has 0 amide bonds. The van der Waals surface area contributed by atoms with Gasteiger partial charge in [0.25, 0.3) is 0 Å². The molecule has 4 aromatic rings. The molecule has 0 spiro atoms. The first kappa shape index (κ1) is 18.5. The molecule has 0 bridgehead atoms. The number of hydrogen-bond acceptors (Lipinski definition) is 7. The zero-order valence-corrected chi connectivity index (χ0v) is 17.1. The van der Waals surface area contributed by atoms with E-state index >= 15 is 0 Å². The first-order chi connectivity index (χ1) is 13.5. The van der Waals surface area contributed by atoms with Crippen molar-refractivity contribution in [1.29, 1.82) is 5.26 Å². The highest BCUT2D eigenvalue weighted by Gasteiger charge is 2.21. The van der Waals surface area contributed by atoms with Crippen LogP contribution in [0.5, 0.6) is 0 Å². The van der Waals surface area contributed by atoms with Crippen molar-refractivity contribution < 1.29 is 5.11 Å². The normalized spacial score (nSPS) is 13.5. The predicted molar refractivity (Wildman–Crippen MR) is 113 cm³/mol. The average Bonchev–Trinajstić information content (AvgIpc) is 3.23. The van der Waals surface area contributed by atoms with Gasteiger partial charge in [0.1, 0.15) is 33.6 Å². The zero-order valence-electron chi connectivity index (χ0n) is 15.5. The molecule has 0 aliphatic carbocycles. The van der Waals surface area contributed by atoms with E-state index in [9.17, 15) is 10.4 Å². The van der Waals surface area contributed by atoms with Gasteiger partial charge in [-0.3, -0.25) is 0 Å². The Balaban J connectivity index is 1.72. The number of aliphatic hydroxyl groups excluding tert-OH is 1. The topological polar surface area (TPSA) is 98.5 Å². The number of nitrogens with zero attached hydrogens (tertiary/aromatic N) is 4. The highest BCUT2D eigenvalue weighted by atomic mass is 32.2. The van der Waals surface area contributed by atoms with Crippen molar-refractivity contribution in [1.82, 2.24) is 19.9 Å². The number of nitrogens with one attached hydrogen (secondary N) is 1. The van der Waals surface area contributed by atoms with Crippen LogP contribution in [0.1, 0.15) is 23.2 Å². The predicted octanol–water partition coefficient (Wildman–Crippen LogP) is 5.16. The third-order valence-corrected chi connectivity index (χ3v) is 6.82. The molecule has 0 saturated heterocycles. The second kappa shape index (κ2) is 7.26. The lowest BCUT2D eigenvalue weighted by Gasteiger charge is -2.12. The number of aromatic nitrogens is 4. The first-order valence-corrected chi connectivity index (χ1v) is 10.3. The molecule has 2 N–H and O–H groups in total. The average molecular weight is 408 g/mol. The number of imidazole rings is 1. The van der Waals surface area contributed by atoms with Crippen molar-refractivity contribution in [3.8, 4) is 6.07 Å². The lowest BCUT2D eigenvalue weighted by molar-refractivity contribution is 0.402. The summed E-state index contributed by atoms with van der Waals surface area (Å²) in [5.41, 5.74) is 2.86. The summed E-state index contributed by atoms with van der Waals surface area (Å²) in [5, 5.41) is 21.9. The van der Waals surface area contributed by atoms with Gasteiger partial charge in [-0.15, -0.1) is 11.3 Å². The van der Waals surface area contributed by atoms with Gasteiger partial charge in [-0.2, -0.15) is 5.26 Å². The van der Waals surface area contributed by atoms with E-state index < -0.39 is 0 Å². The van der Waals surface area contributed by atoms with E-state index in [1.165, 1.54) is 23.0 Å². The van der Waals surface area contributed by atoms with Crippen LogP contribution in [0.25, 0.3) is 26.8 Å². The summed E-state index contributed by atoms with van der Waals surface area (Å²) in [6.07, 6.45) is 1.54. The Morgan fingerprint density at radius 1 is 1.29 bits per heavy atom. The molecule has 4 rings (SSSR count). The number of hydrogen-bond donors (Lipinski definition) is 2. The van der Waals surface area contributed by atoms with Crippen LogP contribution in [0.3, 0.4) is 0 Å². The van der Waals surface area contributed by atoms with Gasteiger partial charge in [0.05, 0.1) is 16.3 Å². The van der Waals surface area contributed by atoms with Gasteiger partial charge in [0.2, 0.25) is 0 Å². The number of benzene rings is 1. The summed E-state index contributed by atoms with van der Waals surface area (Å²) in [7, 11) is 0. The quantitative estimate of drug-likeness (QED) is 0.210. The Kier molecular flexibility index (Phi) is 4.79. The standard InChI is InChI=1S/C20H17N5OS2/c1-10-11(2)27-19-16(10)20(23-9-22-19)28-12(3)17(26)13(8-21)18-24-14-6-4-5-7-15(14)25-18/h4-7,9,12,26H,1-3H3,(H,24,25)/b17-13-/t12-/m0/s1. The second-order valence-corrected chi connectivity index (χ2v) is 8.91. The van der Waals surface area contributed by atoms with Crippen molar-refractivity contribution in [2.24, 2.45) is 0 Å². The maximum Gasteiger partial charge on any atom is 0.152 e. The number of nitriles is 1. The van der Waals surface area contributed by atoms with Gasteiger partial charge in [-0.1, -0.05) is 23.9 Å². The van der Waals surface area contributed by atoms with Crippen molar-refractivity contribution >= 4 is 49.9 Å². The molecule has 3 heterocycles. The number of fused-ring (bicyclic) bond motifs is 2. The number of aromatic amines is 1. The third-order valence-electron chi connectivity index (χ3n) is 4.60. The van der Waals surface area contributed by atoms with Crippen LogP contribution in [0.2, 0.25) is 0 Å². The summed E-state index contributed by atoms with van der Waals surface area (Å²) in [4.78, 5) is 18.4. The minimum absolute atomic E-state index is 0.0251. The maximum absolute atomic E-state index is 10.8. The number of aliphatic hydroxyl groups is 1. The molecule has 0 fully saturated rings. The molecule has 0 aliphatic rings.